The van der Waals surface area contributed by atoms with E-state index in [2.05, 4.69) is 0 Å². The molecule has 1 saturated heterocycles. The van der Waals surface area contributed by atoms with Crippen molar-refractivity contribution in [3.8, 4) is 17.0 Å². The van der Waals surface area contributed by atoms with Gasteiger partial charge < -0.3 is 18.8 Å². The number of carbonyl (C=O) groups is 1. The third kappa shape index (κ3) is 4.97. The molecule has 1 aliphatic rings. The largest absolute Gasteiger partial charge is 0.451 e. The van der Waals surface area contributed by atoms with E-state index >= 15 is 0 Å². The van der Waals surface area contributed by atoms with Crippen LogP contribution in [0.4, 0.5) is 24.5 Å². The van der Waals surface area contributed by atoms with Gasteiger partial charge in [-0.25, -0.2) is 0 Å². The Hall–Kier alpha value is -4.25. The summed E-state index contributed by atoms with van der Waals surface area (Å²) in [4.78, 5) is 27.4. The zero-order valence-electron chi connectivity index (χ0n) is 19.7. The van der Waals surface area contributed by atoms with E-state index in [1.807, 2.05) is 4.90 Å². The van der Waals surface area contributed by atoms with Gasteiger partial charge >= 0.3 is 6.18 Å². The van der Waals surface area contributed by atoms with E-state index in [-0.39, 0.29) is 24.5 Å². The first-order valence-electron chi connectivity index (χ1n) is 11.5. The Morgan fingerprint density at radius 1 is 0.947 bits per heavy atom. The van der Waals surface area contributed by atoms with E-state index in [1.165, 1.54) is 41.3 Å². The van der Waals surface area contributed by atoms with E-state index < -0.39 is 28.3 Å². The minimum atomic E-state index is -4.86. The molecule has 1 fully saturated rings. The summed E-state index contributed by atoms with van der Waals surface area (Å²) in [6.45, 7) is 0.946. The molecular formula is C26H20ClF3N4O4. The van der Waals surface area contributed by atoms with Crippen LogP contribution in [0.25, 0.3) is 17.0 Å². The highest BCUT2D eigenvalue weighted by Gasteiger charge is 2.42. The van der Waals surface area contributed by atoms with Crippen LogP contribution in [0.15, 0.2) is 77.5 Å². The van der Waals surface area contributed by atoms with Crippen LogP contribution in [-0.2, 0) is 6.18 Å². The first-order valence-corrected chi connectivity index (χ1v) is 11.9. The highest BCUT2D eigenvalue weighted by Crippen LogP contribution is 2.38. The number of aromatic nitrogens is 1. The maximum absolute atomic E-state index is 13.8. The van der Waals surface area contributed by atoms with E-state index in [4.69, 9.17) is 16.0 Å². The number of alkyl halides is 3. The smallest absolute Gasteiger partial charge is 0.450 e. The molecule has 1 amide bonds. The lowest BCUT2D eigenvalue weighted by Crippen LogP contribution is -2.49. The number of piperazine rings is 1. The number of hydrogen-bond acceptors (Lipinski definition) is 5. The molecule has 0 spiro atoms. The van der Waals surface area contributed by atoms with Crippen molar-refractivity contribution < 1.29 is 27.3 Å². The average Bonchev–Trinajstić information content (AvgIpc) is 3.59. The van der Waals surface area contributed by atoms with Gasteiger partial charge in [0.1, 0.15) is 5.76 Å². The average molecular weight is 545 g/mol. The molecule has 12 heteroatoms. The fourth-order valence-electron chi connectivity index (χ4n) is 4.43. The van der Waals surface area contributed by atoms with Crippen molar-refractivity contribution in [3.63, 3.8) is 0 Å². The fourth-order valence-corrected chi connectivity index (χ4v) is 4.56. The maximum atomic E-state index is 13.8. The minimum Gasteiger partial charge on any atom is -0.451 e. The van der Waals surface area contributed by atoms with Gasteiger partial charge in [-0.05, 0) is 48.5 Å². The SMILES string of the molecule is O=C(c1cc(-c2ccc(Cl)cc2)oc1C(F)(F)F)N1CCN(c2ccc([N+](=O)[O-])cc2-n2cccc2)CC1. The predicted octanol–water partition coefficient (Wildman–Crippen LogP) is 6.28. The van der Waals surface area contributed by atoms with Crippen molar-refractivity contribution in [2.24, 2.45) is 0 Å². The van der Waals surface area contributed by atoms with E-state index in [0.29, 0.717) is 35.1 Å². The lowest BCUT2D eigenvalue weighted by molar-refractivity contribution is -0.384. The van der Waals surface area contributed by atoms with E-state index in [0.717, 1.165) is 6.07 Å². The second kappa shape index (κ2) is 9.90. The van der Waals surface area contributed by atoms with Gasteiger partial charge in [-0.15, -0.1) is 0 Å². The molecule has 5 rings (SSSR count). The summed E-state index contributed by atoms with van der Waals surface area (Å²) >= 11 is 5.87. The number of furan rings is 1. The minimum absolute atomic E-state index is 0.0672. The Morgan fingerprint density at radius 2 is 1.61 bits per heavy atom. The molecule has 2 aromatic heterocycles. The summed E-state index contributed by atoms with van der Waals surface area (Å²) in [6, 6.07) is 15.3. The van der Waals surface area contributed by atoms with Gasteiger partial charge in [0, 0.05) is 61.3 Å². The maximum Gasteiger partial charge on any atom is 0.450 e. The molecule has 38 heavy (non-hydrogen) atoms. The van der Waals surface area contributed by atoms with Crippen LogP contribution < -0.4 is 4.90 Å². The van der Waals surface area contributed by atoms with Crippen LogP contribution in [0.3, 0.4) is 0 Å². The fraction of sp³-hybridized carbons (Fsp3) is 0.192. The lowest BCUT2D eigenvalue weighted by Gasteiger charge is -2.37. The Kier molecular flexibility index (Phi) is 6.62. The van der Waals surface area contributed by atoms with Crippen molar-refractivity contribution >= 4 is 28.9 Å². The number of nitrogens with zero attached hydrogens (tertiary/aromatic N) is 4. The molecule has 196 valence electrons. The highest BCUT2D eigenvalue weighted by atomic mass is 35.5. The van der Waals surface area contributed by atoms with E-state index in [1.54, 1.807) is 35.2 Å². The normalized spacial score (nSPS) is 14.1. The van der Waals surface area contributed by atoms with Gasteiger partial charge in [0.15, 0.2) is 0 Å². The second-order valence-corrected chi connectivity index (χ2v) is 9.09. The van der Waals surface area contributed by atoms with Crippen LogP contribution >= 0.6 is 11.6 Å². The highest BCUT2D eigenvalue weighted by molar-refractivity contribution is 6.30. The van der Waals surface area contributed by atoms with Gasteiger partial charge in [-0.2, -0.15) is 13.2 Å². The van der Waals surface area contributed by atoms with Gasteiger partial charge in [-0.3, -0.25) is 14.9 Å². The Bertz CT molecular complexity index is 1480. The number of hydrogen-bond donors (Lipinski definition) is 0. The van der Waals surface area contributed by atoms with Crippen molar-refractivity contribution in [2.45, 2.75) is 6.18 Å². The zero-order chi connectivity index (χ0) is 27.0. The summed E-state index contributed by atoms with van der Waals surface area (Å²) in [5.74, 6) is -2.21. The molecule has 4 aromatic rings. The standard InChI is InChI=1S/C26H20ClF3N4O4/c27-18-5-3-17(4-6-18)23-16-20(24(38-23)26(28,29)30)25(35)33-13-11-32(12-14-33)21-8-7-19(34(36)37)15-22(21)31-9-1-2-10-31/h1-10,15-16H,11-14H2. The van der Waals surface area contributed by atoms with Crippen LogP contribution in [0.5, 0.6) is 0 Å². The number of rotatable bonds is 5. The summed E-state index contributed by atoms with van der Waals surface area (Å²) < 4.78 is 48.2. The molecule has 0 bridgehead atoms. The van der Waals surface area contributed by atoms with Gasteiger partial charge in [0.05, 0.1) is 21.9 Å². The molecule has 0 N–H and O–H groups in total. The monoisotopic (exact) mass is 544 g/mol. The van der Waals surface area contributed by atoms with Crippen molar-refractivity contribution in [1.82, 2.24) is 9.47 Å². The number of nitro groups is 1. The molecule has 0 aliphatic carbocycles. The summed E-state index contributed by atoms with van der Waals surface area (Å²) in [5, 5.41) is 11.7. The molecule has 0 radical (unpaired) electrons. The summed E-state index contributed by atoms with van der Waals surface area (Å²) in [6.07, 6.45) is -1.34. The number of anilines is 1. The Balaban J connectivity index is 1.38. The molecule has 0 saturated carbocycles. The van der Waals surface area contributed by atoms with Crippen LogP contribution in [-0.4, -0.2) is 46.5 Å². The quantitative estimate of drug-likeness (QED) is 0.218. The van der Waals surface area contributed by atoms with Crippen molar-refractivity contribution in [3.05, 3.63) is 99.5 Å². The molecule has 3 heterocycles. The van der Waals surface area contributed by atoms with Crippen molar-refractivity contribution in [1.29, 1.82) is 0 Å². The van der Waals surface area contributed by atoms with E-state index in [9.17, 15) is 28.1 Å². The summed E-state index contributed by atoms with van der Waals surface area (Å²) in [5.41, 5.74) is 1.04. The zero-order valence-corrected chi connectivity index (χ0v) is 20.4. The topological polar surface area (TPSA) is 84.8 Å². The number of nitro benzene ring substituents is 1. The number of amides is 1. The van der Waals surface area contributed by atoms with Gasteiger partial charge in [0.2, 0.25) is 5.76 Å². The Morgan fingerprint density at radius 3 is 2.21 bits per heavy atom. The lowest BCUT2D eigenvalue weighted by atomic mass is 10.1. The molecule has 8 nitrogen and oxygen atoms in total. The molecule has 1 aliphatic heterocycles. The number of carbonyl (C=O) groups excluding carboxylic acids is 1. The number of non-ortho nitro benzene ring substituents is 1. The predicted molar refractivity (Wildman–Crippen MR) is 135 cm³/mol. The van der Waals surface area contributed by atoms with Gasteiger partial charge in [0.25, 0.3) is 11.6 Å². The van der Waals surface area contributed by atoms with Crippen LogP contribution in [0.1, 0.15) is 16.1 Å². The summed E-state index contributed by atoms with van der Waals surface area (Å²) in [7, 11) is 0. The molecule has 0 unspecified atom stereocenters. The van der Waals surface area contributed by atoms with Crippen LogP contribution in [0.2, 0.25) is 5.02 Å². The first-order chi connectivity index (χ1) is 18.1. The molecule has 2 aromatic carbocycles. The third-order valence-corrected chi connectivity index (χ3v) is 6.56. The Labute approximate surface area is 219 Å². The molecular weight excluding hydrogens is 525 g/mol. The number of halogens is 4. The van der Waals surface area contributed by atoms with Gasteiger partial charge in [-0.1, -0.05) is 11.6 Å². The van der Waals surface area contributed by atoms with Crippen molar-refractivity contribution in [2.75, 3.05) is 31.1 Å². The molecule has 0 atom stereocenters. The van der Waals surface area contributed by atoms with Crippen LogP contribution in [0, 0.1) is 10.1 Å². The first kappa shape index (κ1) is 25.4. The second-order valence-electron chi connectivity index (χ2n) is 8.66. The third-order valence-electron chi connectivity index (χ3n) is 6.31. The number of benzene rings is 2.